The molecular formula is C45H50FN9O5S2. The van der Waals surface area contributed by atoms with Crippen LogP contribution in [0.3, 0.4) is 0 Å². The molecule has 0 spiro atoms. The Morgan fingerprint density at radius 2 is 1.69 bits per heavy atom. The highest BCUT2D eigenvalue weighted by molar-refractivity contribution is 7.92. The Hall–Kier alpha value is -5.81. The highest BCUT2D eigenvalue weighted by atomic mass is 32.2. The normalized spacial score (nSPS) is 17.7. The van der Waals surface area contributed by atoms with Crippen molar-refractivity contribution >= 4 is 62.2 Å². The molecule has 0 unspecified atom stereocenters. The van der Waals surface area contributed by atoms with E-state index in [1.807, 2.05) is 49.9 Å². The van der Waals surface area contributed by atoms with E-state index < -0.39 is 15.8 Å². The summed E-state index contributed by atoms with van der Waals surface area (Å²) in [5, 5.41) is 6.48. The van der Waals surface area contributed by atoms with Gasteiger partial charge in [-0.05, 0) is 79.1 Å². The molecule has 3 aromatic heterocycles. The molecular weight excluding hydrogens is 830 g/mol. The number of hydrogen-bond donors (Lipinski definition) is 3. The summed E-state index contributed by atoms with van der Waals surface area (Å²) in [5.41, 5.74) is 3.40. The number of sulfonamides is 1. The fourth-order valence-electron chi connectivity index (χ4n) is 8.11. The van der Waals surface area contributed by atoms with Crippen LogP contribution < -0.4 is 20.3 Å². The van der Waals surface area contributed by atoms with Crippen molar-refractivity contribution in [2.45, 2.75) is 77.0 Å². The van der Waals surface area contributed by atoms with Gasteiger partial charge in [-0.25, -0.2) is 32.7 Å². The molecule has 3 saturated heterocycles. The molecule has 3 fully saturated rings. The number of thiazole rings is 1. The van der Waals surface area contributed by atoms with Gasteiger partial charge in [0, 0.05) is 61.7 Å². The molecule has 0 saturated carbocycles. The van der Waals surface area contributed by atoms with Gasteiger partial charge < -0.3 is 15.1 Å². The van der Waals surface area contributed by atoms with E-state index in [0.717, 1.165) is 34.9 Å². The number of likely N-dealkylation sites (tertiary alicyclic amines) is 1. The molecule has 6 heterocycles. The van der Waals surface area contributed by atoms with Crippen LogP contribution in [0.4, 0.5) is 27.5 Å². The molecule has 3 aliphatic heterocycles. The van der Waals surface area contributed by atoms with Crippen LogP contribution in [0.25, 0.3) is 21.8 Å². The minimum Gasteiger partial charge on any atom is -0.355 e. The van der Waals surface area contributed by atoms with Gasteiger partial charge in [0.2, 0.25) is 33.7 Å². The van der Waals surface area contributed by atoms with Crippen molar-refractivity contribution in [3.05, 3.63) is 95.0 Å². The smallest absolute Gasteiger partial charge is 0.234 e. The van der Waals surface area contributed by atoms with Crippen molar-refractivity contribution in [1.29, 1.82) is 0 Å². The molecule has 324 valence electrons. The maximum absolute atomic E-state index is 16.1. The summed E-state index contributed by atoms with van der Waals surface area (Å²) in [6, 6.07) is 18.3. The molecule has 62 heavy (non-hydrogen) atoms. The van der Waals surface area contributed by atoms with Crippen molar-refractivity contribution in [3.8, 4) is 21.8 Å². The Morgan fingerprint density at radius 3 is 2.37 bits per heavy atom. The number of nitrogens with one attached hydrogen (secondary N) is 3. The topological polar surface area (TPSA) is 179 Å². The summed E-state index contributed by atoms with van der Waals surface area (Å²) in [4.78, 5) is 60.6. The Balaban J connectivity index is 0.875. The number of amides is 3. The lowest BCUT2D eigenvalue weighted by atomic mass is 9.88. The monoisotopic (exact) mass is 879 g/mol. The Morgan fingerprint density at radius 1 is 0.952 bits per heavy atom. The average Bonchev–Trinajstić information content (AvgIpc) is 3.68. The van der Waals surface area contributed by atoms with Crippen LogP contribution in [0.2, 0.25) is 0 Å². The highest BCUT2D eigenvalue weighted by Gasteiger charge is 2.38. The van der Waals surface area contributed by atoms with E-state index in [4.69, 9.17) is 9.97 Å². The minimum atomic E-state index is -3.72. The predicted octanol–water partition coefficient (Wildman–Crippen LogP) is 7.36. The number of carbonyl (C=O) groups is 3. The number of hydrogen-bond acceptors (Lipinski definition) is 12. The number of aromatic nitrogens is 4. The molecule has 0 aliphatic carbocycles. The number of carbonyl (C=O) groups excluding carboxylic acids is 3. The molecule has 14 nitrogen and oxygen atoms in total. The number of anilines is 4. The van der Waals surface area contributed by atoms with Gasteiger partial charge in [-0.3, -0.25) is 24.4 Å². The van der Waals surface area contributed by atoms with Crippen LogP contribution in [-0.4, -0.2) is 82.9 Å². The lowest BCUT2D eigenvalue weighted by Crippen LogP contribution is -2.55. The molecule has 1 atom stereocenters. The zero-order valence-corrected chi connectivity index (χ0v) is 36.8. The fourth-order valence-corrected chi connectivity index (χ4v) is 10.3. The predicted molar refractivity (Wildman–Crippen MR) is 238 cm³/mol. The first-order valence-electron chi connectivity index (χ1n) is 21.0. The number of imide groups is 1. The summed E-state index contributed by atoms with van der Waals surface area (Å²) in [6.45, 7) is 10.4. The van der Waals surface area contributed by atoms with Gasteiger partial charge >= 0.3 is 0 Å². The number of nitrogens with zero attached hydrogens (tertiary/aromatic N) is 6. The number of pyridine rings is 1. The van der Waals surface area contributed by atoms with Crippen molar-refractivity contribution in [2.75, 3.05) is 46.9 Å². The maximum atomic E-state index is 16.1. The third kappa shape index (κ3) is 9.33. The van der Waals surface area contributed by atoms with E-state index >= 15 is 4.39 Å². The Kier molecular flexibility index (Phi) is 12.1. The molecule has 17 heteroatoms. The van der Waals surface area contributed by atoms with E-state index in [0.29, 0.717) is 73.6 Å². The third-order valence-electron chi connectivity index (χ3n) is 11.6. The standard InChI is InChI=1S/C45H50FN9O5S2/c1-5-23-62(59,60)53-34-8-6-7-33(38(34)46)39-40(61-43(52-39)45(2,3)4)35-17-20-47-44(50-35)49-31-12-9-27(10-13-31)28-18-21-54(22-19-28)42(58)30-25-55(26-30)36-15-11-29(24-48-36)32-14-16-37(56)51-41(32)57/h6-13,15,17,20,24,28,30,32,53H,5,14,16,18-19,21-23,25-26H2,1-4H3,(H,47,49,50)(H,51,56,57)/t32-/m0/s1. The molecule has 0 bridgehead atoms. The van der Waals surface area contributed by atoms with Gasteiger partial charge in [-0.1, -0.05) is 52.0 Å². The maximum Gasteiger partial charge on any atom is 0.234 e. The molecule has 2 aromatic carbocycles. The van der Waals surface area contributed by atoms with Crippen LogP contribution >= 0.6 is 11.3 Å². The van der Waals surface area contributed by atoms with Crippen LogP contribution in [-0.2, 0) is 29.8 Å². The van der Waals surface area contributed by atoms with Gasteiger partial charge in [-0.2, -0.15) is 0 Å². The second-order valence-electron chi connectivity index (χ2n) is 17.2. The van der Waals surface area contributed by atoms with Crippen LogP contribution in [0.1, 0.15) is 87.8 Å². The zero-order chi connectivity index (χ0) is 43.8. The van der Waals surface area contributed by atoms with Crippen molar-refractivity contribution in [3.63, 3.8) is 0 Å². The van der Waals surface area contributed by atoms with Gasteiger partial charge in [0.25, 0.3) is 0 Å². The fraction of sp³-hybridized carbons (Fsp3) is 0.400. The largest absolute Gasteiger partial charge is 0.355 e. The SMILES string of the molecule is CCCS(=O)(=O)Nc1cccc(-c2nc(C(C)(C)C)sc2-c2ccnc(Nc3ccc(C4CCN(C(=O)C5CN(c6ccc([C@@H]7CCC(=O)NC7=O)cn6)C5)CC4)cc3)n2)c1F. The summed E-state index contributed by atoms with van der Waals surface area (Å²) >= 11 is 1.41. The Bertz CT molecular complexity index is 2580. The number of rotatable bonds is 12. The van der Waals surface area contributed by atoms with Crippen LogP contribution in [0, 0.1) is 11.7 Å². The van der Waals surface area contributed by atoms with Crippen molar-refractivity contribution in [2.24, 2.45) is 5.92 Å². The van der Waals surface area contributed by atoms with Crippen LogP contribution in [0.15, 0.2) is 73.1 Å². The first kappa shape index (κ1) is 42.9. The van der Waals surface area contributed by atoms with Gasteiger partial charge in [-0.15, -0.1) is 11.3 Å². The number of piperidine rings is 2. The summed E-state index contributed by atoms with van der Waals surface area (Å²) in [5.74, 6) is -0.179. The zero-order valence-electron chi connectivity index (χ0n) is 35.2. The molecule has 5 aromatic rings. The average molecular weight is 880 g/mol. The van der Waals surface area contributed by atoms with E-state index in [1.165, 1.54) is 23.0 Å². The molecule has 8 rings (SSSR count). The highest BCUT2D eigenvalue weighted by Crippen LogP contribution is 2.42. The van der Waals surface area contributed by atoms with Gasteiger partial charge in [0.1, 0.15) is 5.82 Å². The molecule has 3 aliphatic rings. The summed E-state index contributed by atoms with van der Waals surface area (Å²) in [6.07, 6.45) is 6.27. The van der Waals surface area contributed by atoms with E-state index in [9.17, 15) is 22.8 Å². The third-order valence-corrected chi connectivity index (χ3v) is 14.5. The molecule has 0 radical (unpaired) electrons. The van der Waals surface area contributed by atoms with Crippen molar-refractivity contribution < 1.29 is 27.2 Å². The van der Waals surface area contributed by atoms with Crippen LogP contribution in [0.5, 0.6) is 0 Å². The van der Waals surface area contributed by atoms with Crippen molar-refractivity contribution in [1.82, 2.24) is 30.2 Å². The van der Waals surface area contributed by atoms with E-state index in [-0.39, 0.29) is 52.0 Å². The van der Waals surface area contributed by atoms with Gasteiger partial charge in [0.15, 0.2) is 5.82 Å². The first-order chi connectivity index (χ1) is 29.7. The van der Waals surface area contributed by atoms with E-state index in [1.54, 1.807) is 37.5 Å². The number of halogens is 1. The first-order valence-corrected chi connectivity index (χ1v) is 23.5. The second kappa shape index (κ2) is 17.5. The molecule has 3 amide bonds. The minimum absolute atomic E-state index is 0.0800. The summed E-state index contributed by atoms with van der Waals surface area (Å²) < 4.78 is 43.5. The second-order valence-corrected chi connectivity index (χ2v) is 20.0. The number of benzene rings is 2. The van der Waals surface area contributed by atoms with Gasteiger partial charge in [0.05, 0.1) is 44.5 Å². The molecule has 3 N–H and O–H groups in total. The summed E-state index contributed by atoms with van der Waals surface area (Å²) in [7, 11) is -3.72. The lowest BCUT2D eigenvalue weighted by Gasteiger charge is -2.43. The quantitative estimate of drug-likeness (QED) is 0.107. The van der Waals surface area contributed by atoms with E-state index in [2.05, 4.69) is 42.4 Å². The Labute approximate surface area is 364 Å². The lowest BCUT2D eigenvalue weighted by molar-refractivity contribution is -0.137.